The van der Waals surface area contributed by atoms with Crippen molar-refractivity contribution in [1.82, 2.24) is 10.2 Å². The van der Waals surface area contributed by atoms with Crippen LogP contribution in [0.4, 0.5) is 0 Å². The number of nitrogens with one attached hydrogen (secondary N) is 1. The van der Waals surface area contributed by atoms with Gasteiger partial charge in [-0.05, 0) is 24.5 Å². The molecule has 7 heteroatoms. The number of aromatic nitrogens is 2. The molecular formula is C26H27N3O4. The second-order valence-electron chi connectivity index (χ2n) is 8.45. The van der Waals surface area contributed by atoms with E-state index in [1.54, 1.807) is 21.3 Å². The summed E-state index contributed by atoms with van der Waals surface area (Å²) in [6.45, 7) is 0. The lowest BCUT2D eigenvalue weighted by atomic mass is 9.68. The second-order valence-corrected chi connectivity index (χ2v) is 8.45. The van der Waals surface area contributed by atoms with Gasteiger partial charge in [-0.2, -0.15) is 5.10 Å². The minimum atomic E-state index is -0.529. The van der Waals surface area contributed by atoms with Crippen molar-refractivity contribution < 1.29 is 19.4 Å². The zero-order valence-corrected chi connectivity index (χ0v) is 19.0. The summed E-state index contributed by atoms with van der Waals surface area (Å²) in [7, 11) is 4.87. The van der Waals surface area contributed by atoms with E-state index in [0.717, 1.165) is 40.9 Å². The number of hydrogen-bond acceptors (Lipinski definition) is 6. The first-order valence-electron chi connectivity index (χ1n) is 11.0. The van der Waals surface area contributed by atoms with Gasteiger partial charge in [-0.25, -0.2) is 0 Å². The molecule has 1 aromatic heterocycles. The number of nitrogens with zero attached hydrogens (tertiary/aromatic N) is 2. The van der Waals surface area contributed by atoms with Gasteiger partial charge >= 0.3 is 0 Å². The first-order chi connectivity index (χ1) is 16.2. The fourth-order valence-electron chi connectivity index (χ4n) is 4.87. The zero-order chi connectivity index (χ0) is 23.0. The van der Waals surface area contributed by atoms with E-state index >= 15 is 0 Å². The molecule has 0 amide bonds. The highest BCUT2D eigenvalue weighted by Gasteiger charge is 2.41. The number of allylic oxidation sites excluding steroid dienone is 1. The molecule has 1 saturated carbocycles. The summed E-state index contributed by atoms with van der Waals surface area (Å²) < 4.78 is 17.1. The highest BCUT2D eigenvalue weighted by Crippen LogP contribution is 2.50. The molecule has 0 saturated heterocycles. The van der Waals surface area contributed by atoms with E-state index in [0.29, 0.717) is 29.4 Å². The monoisotopic (exact) mass is 445 g/mol. The van der Waals surface area contributed by atoms with Crippen LogP contribution in [0.5, 0.6) is 17.2 Å². The molecule has 2 aromatic carbocycles. The normalized spacial score (nSPS) is 19.8. The maximum Gasteiger partial charge on any atom is 0.203 e. The van der Waals surface area contributed by atoms with Crippen LogP contribution < -0.4 is 14.2 Å². The standard InChI is InChI=1S/C26H27N3O4/c1-31-21-12-11-19(24(32-2)25(21)33-3)26(17-7-5-4-6-8-17)14-13-18-20(15-26)27-28-23(18)22(29-30)16-9-10-16/h4-8,11-14,16,30H,9-10,15H2,1-3H3,(H,27,28). The molecule has 1 unspecified atom stereocenters. The van der Waals surface area contributed by atoms with Crippen molar-refractivity contribution in [2.75, 3.05) is 21.3 Å². The average Bonchev–Trinajstić information content (AvgIpc) is 3.63. The third-order valence-corrected chi connectivity index (χ3v) is 6.66. The number of H-pyrrole nitrogens is 1. The van der Waals surface area contributed by atoms with Crippen LogP contribution >= 0.6 is 0 Å². The quantitative estimate of drug-likeness (QED) is 0.316. The van der Waals surface area contributed by atoms with E-state index < -0.39 is 5.41 Å². The minimum absolute atomic E-state index is 0.280. The summed E-state index contributed by atoms with van der Waals surface area (Å²) >= 11 is 0. The summed E-state index contributed by atoms with van der Waals surface area (Å²) in [6.07, 6.45) is 6.96. The Kier molecular flexibility index (Phi) is 5.32. The van der Waals surface area contributed by atoms with Crippen LogP contribution in [0.2, 0.25) is 0 Å². The van der Waals surface area contributed by atoms with Gasteiger partial charge in [0.05, 0.1) is 21.3 Å². The van der Waals surface area contributed by atoms with E-state index in [2.05, 4.69) is 39.6 Å². The lowest BCUT2D eigenvalue weighted by Gasteiger charge is -2.36. The van der Waals surface area contributed by atoms with Crippen LogP contribution in [-0.4, -0.2) is 42.4 Å². The number of benzene rings is 2. The van der Waals surface area contributed by atoms with E-state index in [4.69, 9.17) is 14.2 Å². The van der Waals surface area contributed by atoms with Gasteiger partial charge in [0.25, 0.3) is 0 Å². The molecule has 2 N–H and O–H groups in total. The summed E-state index contributed by atoms with van der Waals surface area (Å²) in [6, 6.07) is 14.3. The van der Waals surface area contributed by atoms with E-state index in [-0.39, 0.29) is 5.92 Å². The first kappa shape index (κ1) is 21.1. The van der Waals surface area contributed by atoms with Gasteiger partial charge in [0, 0.05) is 34.6 Å². The van der Waals surface area contributed by atoms with Crippen molar-refractivity contribution in [3.63, 3.8) is 0 Å². The summed E-state index contributed by atoms with van der Waals surface area (Å²) in [5, 5.41) is 20.9. The van der Waals surface area contributed by atoms with Gasteiger partial charge in [0.15, 0.2) is 11.5 Å². The smallest absolute Gasteiger partial charge is 0.203 e. The van der Waals surface area contributed by atoms with E-state index in [1.165, 1.54) is 0 Å². The van der Waals surface area contributed by atoms with E-state index in [9.17, 15) is 5.21 Å². The average molecular weight is 446 g/mol. The minimum Gasteiger partial charge on any atom is -0.493 e. The van der Waals surface area contributed by atoms with Crippen LogP contribution in [0.1, 0.15) is 40.9 Å². The molecule has 0 bridgehead atoms. The maximum atomic E-state index is 9.61. The molecule has 33 heavy (non-hydrogen) atoms. The molecule has 0 radical (unpaired) electrons. The third kappa shape index (κ3) is 3.35. The van der Waals surface area contributed by atoms with E-state index in [1.807, 2.05) is 30.3 Å². The fraction of sp³-hybridized carbons (Fsp3) is 0.308. The Balaban J connectivity index is 1.70. The lowest BCUT2D eigenvalue weighted by molar-refractivity contribution is 0.317. The topological polar surface area (TPSA) is 89.0 Å². The molecule has 2 aliphatic rings. The highest BCUT2D eigenvalue weighted by atomic mass is 16.5. The molecule has 1 heterocycles. The summed E-state index contributed by atoms with van der Waals surface area (Å²) in [5.74, 6) is 2.08. The number of rotatable bonds is 7. The predicted molar refractivity (Wildman–Crippen MR) is 126 cm³/mol. The van der Waals surface area contributed by atoms with Gasteiger partial charge in [-0.1, -0.05) is 53.7 Å². The Labute approximate surface area is 192 Å². The van der Waals surface area contributed by atoms with Gasteiger partial charge in [0.2, 0.25) is 5.75 Å². The zero-order valence-electron chi connectivity index (χ0n) is 19.0. The second kappa shape index (κ2) is 8.31. The third-order valence-electron chi connectivity index (χ3n) is 6.66. The van der Waals surface area contributed by atoms with Crippen LogP contribution in [0.25, 0.3) is 6.08 Å². The van der Waals surface area contributed by atoms with Crippen molar-refractivity contribution in [2.24, 2.45) is 11.1 Å². The van der Waals surface area contributed by atoms with Gasteiger partial charge in [-0.15, -0.1) is 0 Å². The molecule has 0 aliphatic heterocycles. The maximum absolute atomic E-state index is 9.61. The van der Waals surface area contributed by atoms with Crippen LogP contribution in [0.3, 0.4) is 0 Å². The summed E-state index contributed by atoms with van der Waals surface area (Å²) in [5.41, 5.74) is 4.90. The number of methoxy groups -OCH3 is 3. The molecule has 5 rings (SSSR count). The van der Waals surface area contributed by atoms with Gasteiger partial charge < -0.3 is 19.4 Å². The van der Waals surface area contributed by atoms with Crippen molar-refractivity contribution in [3.8, 4) is 17.2 Å². The molecule has 7 nitrogen and oxygen atoms in total. The van der Waals surface area contributed by atoms with Crippen LogP contribution in [0.15, 0.2) is 53.7 Å². The number of oxime groups is 1. The Bertz CT molecular complexity index is 1230. The Morgan fingerprint density at radius 1 is 1.03 bits per heavy atom. The Hall–Kier alpha value is -3.74. The molecule has 2 aliphatic carbocycles. The van der Waals surface area contributed by atoms with Gasteiger partial charge in [0.1, 0.15) is 11.4 Å². The number of hydrogen-bond donors (Lipinski definition) is 2. The van der Waals surface area contributed by atoms with Crippen molar-refractivity contribution in [2.45, 2.75) is 24.7 Å². The molecule has 1 atom stereocenters. The molecule has 1 fully saturated rings. The molecular weight excluding hydrogens is 418 g/mol. The lowest BCUT2D eigenvalue weighted by Crippen LogP contribution is -2.31. The van der Waals surface area contributed by atoms with Crippen LogP contribution in [-0.2, 0) is 11.8 Å². The SMILES string of the molecule is COc1ccc(C2(c3ccccc3)C=Cc3c(C(=NO)C4CC4)n[nH]c3C2)c(OC)c1OC. The molecule has 0 spiro atoms. The number of fused-ring (bicyclic) bond motifs is 1. The van der Waals surface area contributed by atoms with Gasteiger partial charge in [-0.3, -0.25) is 5.10 Å². The fourth-order valence-corrected chi connectivity index (χ4v) is 4.87. The Morgan fingerprint density at radius 3 is 2.42 bits per heavy atom. The largest absolute Gasteiger partial charge is 0.493 e. The molecule has 3 aromatic rings. The highest BCUT2D eigenvalue weighted by molar-refractivity contribution is 6.04. The first-order valence-corrected chi connectivity index (χ1v) is 11.0. The number of aromatic amines is 1. The Morgan fingerprint density at radius 2 is 1.79 bits per heavy atom. The van der Waals surface area contributed by atoms with Crippen molar-refractivity contribution in [1.29, 1.82) is 0 Å². The number of ether oxygens (including phenoxy) is 3. The van der Waals surface area contributed by atoms with Crippen molar-refractivity contribution in [3.05, 3.63) is 76.6 Å². The summed E-state index contributed by atoms with van der Waals surface area (Å²) in [4.78, 5) is 0. The molecule has 170 valence electrons. The van der Waals surface area contributed by atoms with Crippen LogP contribution in [0, 0.1) is 5.92 Å². The predicted octanol–water partition coefficient (Wildman–Crippen LogP) is 4.58. The van der Waals surface area contributed by atoms with Crippen molar-refractivity contribution >= 4 is 11.8 Å².